The van der Waals surface area contributed by atoms with Gasteiger partial charge < -0.3 is 0 Å². The fraction of sp³-hybridized carbons (Fsp3) is 0.619. The number of hydrazine groups is 1. The smallest absolute Gasteiger partial charge is 0.252 e. The lowest BCUT2D eigenvalue weighted by Gasteiger charge is -2.08. The molecule has 0 aliphatic rings. The van der Waals surface area contributed by atoms with Gasteiger partial charge in [-0.3, -0.25) is 15.6 Å². The molecule has 4 heteroatoms. The number of hydrogen-bond acceptors (Lipinski definition) is 3. The summed E-state index contributed by atoms with van der Waals surface area (Å²) in [6.07, 6.45) is 14.6. The topological polar surface area (TPSA) is 64.9 Å². The minimum absolute atomic E-state index is 0.135. The molecule has 1 aromatic carbocycles. The minimum Gasteiger partial charge on any atom is -0.299 e. The first kappa shape index (κ1) is 21.0. The molecule has 0 aliphatic carbocycles. The number of carbonyl (C=O) groups excluding carboxylic acids is 1. The van der Waals surface area contributed by atoms with Crippen molar-refractivity contribution in [2.45, 2.75) is 84.0 Å². The number of unbranched alkanes of at least 4 members (excludes halogenated alkanes) is 9. The van der Waals surface area contributed by atoms with E-state index in [1.165, 1.54) is 69.8 Å². The maximum Gasteiger partial charge on any atom is 0.252 e. The third-order valence-corrected chi connectivity index (χ3v) is 4.36. The van der Waals surface area contributed by atoms with Crippen molar-refractivity contribution in [2.24, 2.45) is 0 Å². The number of nitrogens with zero attached hydrogens (tertiary/aromatic N) is 1. The van der Waals surface area contributed by atoms with E-state index in [9.17, 15) is 4.79 Å². The average Bonchev–Trinajstić information content (AvgIpc) is 2.63. The van der Waals surface area contributed by atoms with Crippen molar-refractivity contribution < 1.29 is 4.79 Å². The van der Waals surface area contributed by atoms with Crippen molar-refractivity contribution in [3.63, 3.8) is 0 Å². The van der Waals surface area contributed by atoms with Crippen LogP contribution in [0.5, 0.6) is 0 Å². The summed E-state index contributed by atoms with van der Waals surface area (Å²) in [5, 5.41) is 8.43. The molecule has 0 spiro atoms. The van der Waals surface area contributed by atoms with Crippen LogP contribution >= 0.6 is 0 Å². The van der Waals surface area contributed by atoms with Crippen molar-refractivity contribution in [1.29, 1.82) is 5.26 Å². The molecule has 25 heavy (non-hydrogen) atoms. The molecule has 2 N–H and O–H groups in total. The first-order valence-electron chi connectivity index (χ1n) is 9.77. The highest BCUT2D eigenvalue weighted by Gasteiger charge is 1.99. The highest BCUT2D eigenvalue weighted by Crippen LogP contribution is 2.14. The Bertz CT molecular complexity index is 505. The zero-order chi connectivity index (χ0) is 18.2. The van der Waals surface area contributed by atoms with Gasteiger partial charge in [0.05, 0.1) is 11.8 Å². The molecule has 1 aromatic rings. The van der Waals surface area contributed by atoms with E-state index in [1.807, 2.05) is 18.2 Å². The minimum atomic E-state index is -0.322. The van der Waals surface area contributed by atoms with Crippen molar-refractivity contribution in [3.8, 4) is 6.07 Å². The van der Waals surface area contributed by atoms with Crippen LogP contribution < -0.4 is 10.9 Å². The molecule has 0 atom stereocenters. The summed E-state index contributed by atoms with van der Waals surface area (Å²) in [6.45, 7) is 2.26. The van der Waals surface area contributed by atoms with Crippen LogP contribution in [0.3, 0.4) is 0 Å². The standard InChI is InChI=1S/C21H33N3O/c1-2-3-4-5-6-7-8-9-10-11-12-19-13-15-20(16-14-19)23-24-21(25)17-18-22/h13-16,23H,2-12,17H2,1H3,(H,24,25). The molecule has 0 saturated carbocycles. The largest absolute Gasteiger partial charge is 0.299 e. The lowest BCUT2D eigenvalue weighted by molar-refractivity contribution is -0.119. The zero-order valence-corrected chi connectivity index (χ0v) is 15.7. The molecule has 0 heterocycles. The van der Waals surface area contributed by atoms with Gasteiger partial charge in [-0.15, -0.1) is 0 Å². The third kappa shape index (κ3) is 11.2. The molecule has 4 nitrogen and oxygen atoms in total. The van der Waals surface area contributed by atoms with Gasteiger partial charge in [-0.2, -0.15) is 5.26 Å². The van der Waals surface area contributed by atoms with Crippen LogP contribution in [0, 0.1) is 11.3 Å². The predicted molar refractivity (Wildman–Crippen MR) is 104 cm³/mol. The van der Waals surface area contributed by atoms with E-state index in [1.54, 1.807) is 0 Å². The van der Waals surface area contributed by atoms with Crippen LogP contribution in [-0.4, -0.2) is 5.91 Å². The number of carbonyl (C=O) groups is 1. The number of hydrogen-bond donors (Lipinski definition) is 2. The molecule has 0 aliphatic heterocycles. The number of nitrogens with one attached hydrogen (secondary N) is 2. The van der Waals surface area contributed by atoms with Gasteiger partial charge in [0.2, 0.25) is 0 Å². The van der Waals surface area contributed by atoms with Crippen molar-refractivity contribution >= 4 is 11.6 Å². The summed E-state index contributed by atoms with van der Waals surface area (Å²) < 4.78 is 0. The maximum atomic E-state index is 11.2. The molecule has 0 radical (unpaired) electrons. The molecule has 138 valence electrons. The Morgan fingerprint density at radius 2 is 1.48 bits per heavy atom. The van der Waals surface area contributed by atoms with Gasteiger partial charge >= 0.3 is 0 Å². The first-order chi connectivity index (χ1) is 12.3. The summed E-state index contributed by atoms with van der Waals surface area (Å²) in [5.41, 5.74) is 7.47. The summed E-state index contributed by atoms with van der Waals surface area (Å²) in [5.74, 6) is -0.322. The van der Waals surface area contributed by atoms with Crippen LogP contribution in [0.4, 0.5) is 5.69 Å². The third-order valence-electron chi connectivity index (χ3n) is 4.36. The van der Waals surface area contributed by atoms with Gasteiger partial charge in [-0.05, 0) is 30.5 Å². The molecular weight excluding hydrogens is 310 g/mol. The average molecular weight is 344 g/mol. The maximum absolute atomic E-state index is 11.2. The molecule has 0 unspecified atom stereocenters. The Hall–Kier alpha value is -2.02. The number of amides is 1. The van der Waals surface area contributed by atoms with E-state index in [2.05, 4.69) is 29.9 Å². The van der Waals surface area contributed by atoms with Gasteiger partial charge in [0.25, 0.3) is 5.91 Å². The van der Waals surface area contributed by atoms with Crippen molar-refractivity contribution in [2.75, 3.05) is 5.43 Å². The predicted octanol–water partition coefficient (Wildman–Crippen LogP) is 5.51. The monoisotopic (exact) mass is 343 g/mol. The van der Waals surface area contributed by atoms with Crippen molar-refractivity contribution in [1.82, 2.24) is 5.43 Å². The Balaban J connectivity index is 2.04. The zero-order valence-electron chi connectivity index (χ0n) is 15.7. The number of aryl methyl sites for hydroxylation is 1. The van der Waals surface area contributed by atoms with Crippen LogP contribution in [-0.2, 0) is 11.2 Å². The second-order valence-corrected chi connectivity index (χ2v) is 6.64. The molecule has 1 rings (SSSR count). The molecule has 0 bridgehead atoms. The number of rotatable bonds is 14. The quantitative estimate of drug-likeness (QED) is 0.346. The SMILES string of the molecule is CCCCCCCCCCCCc1ccc(NNC(=O)CC#N)cc1. The molecule has 0 fully saturated rings. The fourth-order valence-electron chi connectivity index (χ4n) is 2.83. The molecular formula is C21H33N3O. The summed E-state index contributed by atoms with van der Waals surface area (Å²) in [7, 11) is 0. The van der Waals surface area contributed by atoms with E-state index >= 15 is 0 Å². The second-order valence-electron chi connectivity index (χ2n) is 6.64. The van der Waals surface area contributed by atoms with Gasteiger partial charge in [-0.25, -0.2) is 0 Å². The highest BCUT2D eigenvalue weighted by molar-refractivity contribution is 5.79. The Morgan fingerprint density at radius 3 is 2.04 bits per heavy atom. The van der Waals surface area contributed by atoms with E-state index in [4.69, 9.17) is 5.26 Å². The van der Waals surface area contributed by atoms with Crippen LogP contribution in [0.25, 0.3) is 0 Å². The van der Waals surface area contributed by atoms with E-state index in [0.29, 0.717) is 0 Å². The Morgan fingerprint density at radius 1 is 0.920 bits per heavy atom. The lowest BCUT2D eigenvalue weighted by Crippen LogP contribution is -2.28. The lowest BCUT2D eigenvalue weighted by atomic mass is 10.0. The summed E-state index contributed by atoms with van der Waals surface area (Å²) in [6, 6.07) is 9.91. The summed E-state index contributed by atoms with van der Waals surface area (Å²) in [4.78, 5) is 11.2. The fourth-order valence-corrected chi connectivity index (χ4v) is 2.83. The van der Waals surface area contributed by atoms with Crippen molar-refractivity contribution in [3.05, 3.63) is 29.8 Å². The number of anilines is 1. The Kier molecular flexibility index (Phi) is 12.1. The number of nitriles is 1. The van der Waals surface area contributed by atoms with Gasteiger partial charge in [0.1, 0.15) is 6.42 Å². The number of benzene rings is 1. The van der Waals surface area contributed by atoms with Crippen LogP contribution in [0.1, 0.15) is 83.1 Å². The Labute approximate surface area is 153 Å². The van der Waals surface area contributed by atoms with E-state index in [-0.39, 0.29) is 12.3 Å². The van der Waals surface area contributed by atoms with E-state index in [0.717, 1.165) is 12.1 Å². The van der Waals surface area contributed by atoms with Crippen LogP contribution in [0.2, 0.25) is 0 Å². The summed E-state index contributed by atoms with van der Waals surface area (Å²) >= 11 is 0. The molecule has 0 aromatic heterocycles. The van der Waals surface area contributed by atoms with Gasteiger partial charge in [-0.1, -0.05) is 76.8 Å². The van der Waals surface area contributed by atoms with Crippen LogP contribution in [0.15, 0.2) is 24.3 Å². The second kappa shape index (κ2) is 14.3. The first-order valence-corrected chi connectivity index (χ1v) is 9.77. The van der Waals surface area contributed by atoms with Gasteiger partial charge in [0.15, 0.2) is 0 Å². The van der Waals surface area contributed by atoms with Gasteiger partial charge in [0, 0.05) is 0 Å². The normalized spacial score (nSPS) is 10.2. The van der Waals surface area contributed by atoms with E-state index < -0.39 is 0 Å². The molecule has 0 saturated heterocycles. The highest BCUT2D eigenvalue weighted by atomic mass is 16.2. The molecule has 1 amide bonds.